The Balaban J connectivity index is 1.73. The minimum absolute atomic E-state index is 0.0625. The van der Waals surface area contributed by atoms with Gasteiger partial charge >= 0.3 is 5.63 Å². The Hall–Kier alpha value is -4.37. The van der Waals surface area contributed by atoms with Gasteiger partial charge in [-0.05, 0) is 42.6 Å². The number of fused-ring (bicyclic) bond motifs is 1. The number of carbonyl (C=O) groups excluding carboxylic acids is 2. The number of rotatable bonds is 3. The molecule has 2 aromatic carbocycles. The average Bonchev–Trinajstić information content (AvgIpc) is 3.20. The first kappa shape index (κ1) is 19.6. The number of nitrogens with zero attached hydrogens (tertiary/aromatic N) is 2. The number of hydrogen-bond acceptors (Lipinski definition) is 6. The maximum absolute atomic E-state index is 12.8. The molecule has 2 aromatic heterocycles. The van der Waals surface area contributed by atoms with Gasteiger partial charge in [0, 0.05) is 17.1 Å². The molecule has 1 saturated heterocycles. The van der Waals surface area contributed by atoms with Gasteiger partial charge in [0.2, 0.25) is 0 Å². The predicted octanol–water partition coefficient (Wildman–Crippen LogP) is 2.56. The zero-order valence-corrected chi connectivity index (χ0v) is 17.2. The van der Waals surface area contributed by atoms with Gasteiger partial charge in [-0.15, -0.1) is 0 Å². The minimum Gasteiger partial charge on any atom is -0.422 e. The van der Waals surface area contributed by atoms with Gasteiger partial charge in [0.15, 0.2) is 5.11 Å². The molecule has 0 atom stereocenters. The highest BCUT2D eigenvalue weighted by Crippen LogP contribution is 2.26. The second kappa shape index (κ2) is 7.71. The molecule has 0 bridgehead atoms. The summed E-state index contributed by atoms with van der Waals surface area (Å²) in [6, 6.07) is 18.1. The molecule has 9 heteroatoms. The van der Waals surface area contributed by atoms with E-state index in [1.165, 1.54) is 6.08 Å². The van der Waals surface area contributed by atoms with Crippen LogP contribution in [0.15, 0.2) is 81.6 Å². The van der Waals surface area contributed by atoms with Gasteiger partial charge in [-0.1, -0.05) is 36.4 Å². The highest BCUT2D eigenvalue weighted by molar-refractivity contribution is 7.80. The third kappa shape index (κ3) is 3.50. The Morgan fingerprint density at radius 1 is 0.938 bits per heavy atom. The van der Waals surface area contributed by atoms with Crippen molar-refractivity contribution in [2.24, 2.45) is 0 Å². The predicted molar refractivity (Wildman–Crippen MR) is 122 cm³/mol. The largest absolute Gasteiger partial charge is 0.422 e. The number of nitrogens with one attached hydrogen (secondary N) is 2. The third-order valence-corrected chi connectivity index (χ3v) is 5.11. The number of carbonyl (C=O) groups is 2. The molecule has 32 heavy (non-hydrogen) atoms. The standard InChI is InChI=1S/C23H14N4O4S/c28-20-17(21(29)25-23(32)24-20)11-14-12-27(15-7-2-1-3-8-15)26-19(14)16-10-13-6-4-5-9-18(13)31-22(16)30/h1-12H,(H2,24,25,28,29,32). The molecular formula is C23H14N4O4S. The van der Waals surface area contributed by atoms with Crippen molar-refractivity contribution in [2.75, 3.05) is 0 Å². The summed E-state index contributed by atoms with van der Waals surface area (Å²) in [6.45, 7) is 0. The number of hydrogen-bond donors (Lipinski definition) is 2. The molecule has 8 nitrogen and oxygen atoms in total. The summed E-state index contributed by atoms with van der Waals surface area (Å²) in [6.07, 6.45) is 3.02. The van der Waals surface area contributed by atoms with Crippen LogP contribution in [-0.4, -0.2) is 26.7 Å². The minimum atomic E-state index is -0.636. The van der Waals surface area contributed by atoms with Crippen LogP contribution in [0, 0.1) is 0 Å². The van der Waals surface area contributed by atoms with E-state index in [-0.39, 0.29) is 21.9 Å². The highest BCUT2D eigenvalue weighted by Gasteiger charge is 2.27. The molecule has 156 valence electrons. The summed E-state index contributed by atoms with van der Waals surface area (Å²) < 4.78 is 7.03. The molecule has 1 aliphatic heterocycles. The molecule has 1 aliphatic rings. The Labute approximate surface area is 186 Å². The SMILES string of the molecule is O=C1NC(=S)NC(=O)C1=Cc1cn(-c2ccccc2)nc1-c1cc2ccccc2oc1=O. The van der Waals surface area contributed by atoms with Crippen molar-refractivity contribution in [2.45, 2.75) is 0 Å². The van der Waals surface area contributed by atoms with Crippen molar-refractivity contribution in [1.82, 2.24) is 20.4 Å². The summed E-state index contributed by atoms with van der Waals surface area (Å²) in [5, 5.41) is 10.0. The highest BCUT2D eigenvalue weighted by atomic mass is 32.1. The number of amides is 2. The van der Waals surface area contributed by atoms with Crippen molar-refractivity contribution >= 4 is 46.2 Å². The lowest BCUT2D eigenvalue weighted by molar-refractivity contribution is -0.123. The van der Waals surface area contributed by atoms with Gasteiger partial charge < -0.3 is 4.42 Å². The van der Waals surface area contributed by atoms with E-state index < -0.39 is 17.4 Å². The van der Waals surface area contributed by atoms with Crippen molar-refractivity contribution < 1.29 is 14.0 Å². The van der Waals surface area contributed by atoms with E-state index in [1.807, 2.05) is 42.5 Å². The first-order valence-electron chi connectivity index (χ1n) is 9.56. The Kier molecular flexibility index (Phi) is 4.72. The monoisotopic (exact) mass is 442 g/mol. The second-order valence-electron chi connectivity index (χ2n) is 6.99. The van der Waals surface area contributed by atoms with Gasteiger partial charge in [-0.25, -0.2) is 9.48 Å². The van der Waals surface area contributed by atoms with Crippen LogP contribution < -0.4 is 16.3 Å². The molecule has 0 radical (unpaired) electrons. The van der Waals surface area contributed by atoms with Crippen LogP contribution >= 0.6 is 12.2 Å². The lowest BCUT2D eigenvalue weighted by atomic mass is 10.0. The topological polar surface area (TPSA) is 106 Å². The quantitative estimate of drug-likeness (QED) is 0.219. The van der Waals surface area contributed by atoms with Crippen LogP contribution in [0.4, 0.5) is 0 Å². The fraction of sp³-hybridized carbons (Fsp3) is 0. The van der Waals surface area contributed by atoms with E-state index in [2.05, 4.69) is 15.7 Å². The fourth-order valence-corrected chi connectivity index (χ4v) is 3.59. The Bertz CT molecular complexity index is 1480. The summed E-state index contributed by atoms with van der Waals surface area (Å²) in [5.74, 6) is -1.27. The molecule has 0 spiro atoms. The van der Waals surface area contributed by atoms with Crippen LogP contribution in [0.1, 0.15) is 5.56 Å². The third-order valence-electron chi connectivity index (χ3n) is 4.90. The van der Waals surface area contributed by atoms with Gasteiger partial charge in [-0.3, -0.25) is 20.2 Å². The molecule has 4 aromatic rings. The number of para-hydroxylation sites is 2. The van der Waals surface area contributed by atoms with Crippen molar-refractivity contribution in [3.05, 3.63) is 88.4 Å². The van der Waals surface area contributed by atoms with Gasteiger partial charge in [0.05, 0.1) is 11.3 Å². The lowest BCUT2D eigenvalue weighted by Gasteiger charge is -2.16. The molecule has 0 unspecified atom stereocenters. The van der Waals surface area contributed by atoms with Crippen molar-refractivity contribution in [1.29, 1.82) is 0 Å². The first-order chi connectivity index (χ1) is 15.5. The number of thiocarbonyl (C=S) groups is 1. The van der Waals surface area contributed by atoms with Crippen molar-refractivity contribution in [3.63, 3.8) is 0 Å². The summed E-state index contributed by atoms with van der Waals surface area (Å²) in [7, 11) is 0. The van der Waals surface area contributed by atoms with E-state index in [9.17, 15) is 14.4 Å². The van der Waals surface area contributed by atoms with Gasteiger partial charge in [-0.2, -0.15) is 5.10 Å². The molecular weight excluding hydrogens is 428 g/mol. The van der Waals surface area contributed by atoms with E-state index in [0.29, 0.717) is 16.5 Å². The van der Waals surface area contributed by atoms with Gasteiger partial charge in [0.1, 0.15) is 16.9 Å². The van der Waals surface area contributed by atoms with E-state index in [0.717, 1.165) is 5.69 Å². The van der Waals surface area contributed by atoms with Crippen LogP contribution in [0.2, 0.25) is 0 Å². The molecule has 5 rings (SSSR count). The normalized spacial score (nSPS) is 13.8. The second-order valence-corrected chi connectivity index (χ2v) is 7.40. The van der Waals surface area contributed by atoms with E-state index in [4.69, 9.17) is 16.6 Å². The zero-order valence-electron chi connectivity index (χ0n) is 16.4. The molecule has 0 saturated carbocycles. The number of benzene rings is 2. The molecule has 2 N–H and O–H groups in total. The smallest absolute Gasteiger partial charge is 0.345 e. The van der Waals surface area contributed by atoms with Crippen LogP contribution in [0.5, 0.6) is 0 Å². The Morgan fingerprint density at radius 2 is 1.62 bits per heavy atom. The maximum Gasteiger partial charge on any atom is 0.345 e. The number of aromatic nitrogens is 2. The molecule has 2 amide bonds. The van der Waals surface area contributed by atoms with E-state index in [1.54, 1.807) is 29.1 Å². The molecule has 3 heterocycles. The summed E-state index contributed by atoms with van der Waals surface area (Å²) in [5.41, 5.74) is 1.32. The van der Waals surface area contributed by atoms with Crippen LogP contribution in [-0.2, 0) is 9.59 Å². The average molecular weight is 442 g/mol. The lowest BCUT2D eigenvalue weighted by Crippen LogP contribution is -2.51. The summed E-state index contributed by atoms with van der Waals surface area (Å²) >= 11 is 4.85. The fourth-order valence-electron chi connectivity index (χ4n) is 3.40. The van der Waals surface area contributed by atoms with Gasteiger partial charge in [0.25, 0.3) is 11.8 Å². The van der Waals surface area contributed by atoms with E-state index >= 15 is 0 Å². The molecule has 0 aliphatic carbocycles. The Morgan fingerprint density at radius 3 is 2.38 bits per heavy atom. The van der Waals surface area contributed by atoms with Crippen LogP contribution in [0.25, 0.3) is 34.0 Å². The molecule has 1 fully saturated rings. The maximum atomic E-state index is 12.8. The summed E-state index contributed by atoms with van der Waals surface area (Å²) in [4.78, 5) is 37.5. The zero-order chi connectivity index (χ0) is 22.2. The van der Waals surface area contributed by atoms with Crippen LogP contribution in [0.3, 0.4) is 0 Å². The first-order valence-corrected chi connectivity index (χ1v) is 9.97. The van der Waals surface area contributed by atoms with Crippen molar-refractivity contribution in [3.8, 4) is 16.9 Å².